The molecule has 0 N–H and O–H groups in total. The quantitative estimate of drug-likeness (QED) is 0.682. The Labute approximate surface area is 158 Å². The molecule has 0 spiro atoms. The van der Waals surface area contributed by atoms with Gasteiger partial charge < -0.3 is 9.31 Å². The van der Waals surface area contributed by atoms with Gasteiger partial charge in [-0.3, -0.25) is 0 Å². The Morgan fingerprint density at radius 1 is 0.731 bits per heavy atom. The number of fused-ring (bicyclic) bond motifs is 3. The largest absolute Gasteiger partial charge is 0.495 e. The first-order valence-corrected chi connectivity index (χ1v) is 9.56. The molecule has 1 fully saturated rings. The van der Waals surface area contributed by atoms with Crippen molar-refractivity contribution in [3.05, 3.63) is 52.6 Å². The molecule has 0 amide bonds. The second-order valence-electron chi connectivity index (χ2n) is 9.54. The van der Waals surface area contributed by atoms with Crippen LogP contribution in [0.5, 0.6) is 0 Å². The Bertz CT molecular complexity index is 893. The molecule has 4 rings (SSSR count). The predicted molar refractivity (Wildman–Crippen MR) is 109 cm³/mol. The van der Waals surface area contributed by atoms with Crippen LogP contribution in [0.1, 0.15) is 63.8 Å². The Balaban J connectivity index is 1.94. The maximum absolute atomic E-state index is 6.42. The lowest BCUT2D eigenvalue weighted by Crippen LogP contribution is -2.41. The Morgan fingerprint density at radius 2 is 1.31 bits per heavy atom. The zero-order valence-corrected chi connectivity index (χ0v) is 17.3. The summed E-state index contributed by atoms with van der Waals surface area (Å²) in [5, 5.41) is 0. The molecule has 0 atom stereocenters. The van der Waals surface area contributed by atoms with Crippen LogP contribution in [0.3, 0.4) is 0 Å². The molecule has 2 aliphatic rings. The lowest BCUT2D eigenvalue weighted by atomic mass is 9.68. The van der Waals surface area contributed by atoms with E-state index in [0.717, 1.165) is 0 Å². The number of benzene rings is 2. The average Bonchev–Trinajstić information content (AvgIpc) is 2.86. The van der Waals surface area contributed by atoms with Crippen LogP contribution < -0.4 is 5.46 Å². The third-order valence-electron chi connectivity index (χ3n) is 6.58. The molecule has 0 bridgehead atoms. The monoisotopic (exact) mass is 348 g/mol. The molecule has 26 heavy (non-hydrogen) atoms. The number of hydrogen-bond donors (Lipinski definition) is 0. The molecule has 136 valence electrons. The van der Waals surface area contributed by atoms with E-state index >= 15 is 0 Å². The van der Waals surface area contributed by atoms with Gasteiger partial charge >= 0.3 is 7.12 Å². The smallest absolute Gasteiger partial charge is 0.399 e. The van der Waals surface area contributed by atoms with Gasteiger partial charge in [-0.15, -0.1) is 0 Å². The highest BCUT2D eigenvalue weighted by Gasteiger charge is 2.53. The molecule has 1 saturated heterocycles. The topological polar surface area (TPSA) is 18.5 Å². The van der Waals surface area contributed by atoms with Crippen LogP contribution in [0.4, 0.5) is 0 Å². The van der Waals surface area contributed by atoms with E-state index in [2.05, 4.69) is 85.7 Å². The first-order chi connectivity index (χ1) is 11.9. The highest BCUT2D eigenvalue weighted by Crippen LogP contribution is 2.49. The van der Waals surface area contributed by atoms with Crippen molar-refractivity contribution in [2.75, 3.05) is 0 Å². The number of aryl methyl sites for hydroxylation is 2. The first kappa shape index (κ1) is 17.8. The molecule has 0 unspecified atom stereocenters. The minimum Gasteiger partial charge on any atom is -0.399 e. The van der Waals surface area contributed by atoms with E-state index in [1.54, 1.807) is 0 Å². The third kappa shape index (κ3) is 2.33. The fourth-order valence-corrected chi connectivity index (χ4v) is 4.44. The maximum Gasteiger partial charge on any atom is 0.495 e. The van der Waals surface area contributed by atoms with Crippen LogP contribution >= 0.6 is 0 Å². The Morgan fingerprint density at radius 3 is 1.92 bits per heavy atom. The molecular formula is C23H29BO2. The van der Waals surface area contributed by atoms with Crippen molar-refractivity contribution in [1.29, 1.82) is 0 Å². The summed E-state index contributed by atoms with van der Waals surface area (Å²) < 4.78 is 12.8. The lowest BCUT2D eigenvalue weighted by molar-refractivity contribution is 0.00578. The molecule has 1 heterocycles. The van der Waals surface area contributed by atoms with Gasteiger partial charge in [0.2, 0.25) is 0 Å². The van der Waals surface area contributed by atoms with Crippen molar-refractivity contribution in [2.45, 2.75) is 72.0 Å². The SMILES string of the molecule is Cc1ccc2c(c1)-c1cc(C)cc(B3OC(C)(C)C(C)(C)O3)c1C2(C)C. The van der Waals surface area contributed by atoms with E-state index in [9.17, 15) is 0 Å². The van der Waals surface area contributed by atoms with Gasteiger partial charge in [0.1, 0.15) is 0 Å². The summed E-state index contributed by atoms with van der Waals surface area (Å²) in [5.41, 5.74) is 8.42. The van der Waals surface area contributed by atoms with Crippen molar-refractivity contribution in [3.8, 4) is 11.1 Å². The normalized spacial score (nSPS) is 21.6. The fraction of sp³-hybridized carbons (Fsp3) is 0.478. The first-order valence-electron chi connectivity index (χ1n) is 9.56. The van der Waals surface area contributed by atoms with Gasteiger partial charge in [-0.1, -0.05) is 55.3 Å². The van der Waals surface area contributed by atoms with Crippen molar-refractivity contribution < 1.29 is 9.31 Å². The van der Waals surface area contributed by atoms with Gasteiger partial charge in [-0.25, -0.2) is 0 Å². The molecule has 1 aliphatic heterocycles. The van der Waals surface area contributed by atoms with Gasteiger partial charge in [0, 0.05) is 5.41 Å². The highest BCUT2D eigenvalue weighted by molar-refractivity contribution is 6.63. The van der Waals surface area contributed by atoms with Crippen LogP contribution in [0.25, 0.3) is 11.1 Å². The summed E-state index contributed by atoms with van der Waals surface area (Å²) in [6, 6.07) is 11.4. The Kier molecular flexibility index (Phi) is 3.59. The van der Waals surface area contributed by atoms with E-state index in [-0.39, 0.29) is 23.7 Å². The Hall–Kier alpha value is -1.58. The van der Waals surface area contributed by atoms with E-state index in [1.165, 1.54) is 38.8 Å². The second-order valence-corrected chi connectivity index (χ2v) is 9.54. The van der Waals surface area contributed by atoms with E-state index in [0.29, 0.717) is 0 Å². The van der Waals surface area contributed by atoms with Gasteiger partial charge in [-0.05, 0) is 69.3 Å². The minimum atomic E-state index is -0.333. The van der Waals surface area contributed by atoms with Gasteiger partial charge in [0.15, 0.2) is 0 Å². The lowest BCUT2D eigenvalue weighted by Gasteiger charge is -2.32. The molecule has 0 aromatic heterocycles. The molecule has 2 nitrogen and oxygen atoms in total. The summed E-state index contributed by atoms with van der Waals surface area (Å²) in [7, 11) is -0.330. The van der Waals surface area contributed by atoms with Crippen molar-refractivity contribution >= 4 is 12.6 Å². The summed E-state index contributed by atoms with van der Waals surface area (Å²) >= 11 is 0. The molecule has 2 aromatic carbocycles. The highest BCUT2D eigenvalue weighted by atomic mass is 16.7. The van der Waals surface area contributed by atoms with Gasteiger partial charge in [0.05, 0.1) is 11.2 Å². The third-order valence-corrected chi connectivity index (χ3v) is 6.58. The van der Waals surface area contributed by atoms with E-state index in [1.807, 2.05) is 0 Å². The van der Waals surface area contributed by atoms with Crippen LogP contribution in [-0.2, 0) is 14.7 Å². The van der Waals surface area contributed by atoms with Crippen LogP contribution in [-0.4, -0.2) is 18.3 Å². The second kappa shape index (κ2) is 5.24. The van der Waals surface area contributed by atoms with Gasteiger partial charge in [0.25, 0.3) is 0 Å². The van der Waals surface area contributed by atoms with Crippen LogP contribution in [0.15, 0.2) is 30.3 Å². The predicted octanol–water partition coefficient (Wildman–Crippen LogP) is 4.91. The zero-order chi connectivity index (χ0) is 19.1. The average molecular weight is 348 g/mol. The van der Waals surface area contributed by atoms with Crippen molar-refractivity contribution in [1.82, 2.24) is 0 Å². The maximum atomic E-state index is 6.42. The number of rotatable bonds is 1. The molecule has 1 aliphatic carbocycles. The molecule has 2 aromatic rings. The fourth-order valence-electron chi connectivity index (χ4n) is 4.44. The van der Waals surface area contributed by atoms with Crippen molar-refractivity contribution in [3.63, 3.8) is 0 Å². The summed E-state index contributed by atoms with van der Waals surface area (Å²) in [5.74, 6) is 0. The molecule has 0 saturated carbocycles. The van der Waals surface area contributed by atoms with Crippen molar-refractivity contribution in [2.24, 2.45) is 0 Å². The molecular weight excluding hydrogens is 319 g/mol. The van der Waals surface area contributed by atoms with Gasteiger partial charge in [-0.2, -0.15) is 0 Å². The van der Waals surface area contributed by atoms with E-state index < -0.39 is 0 Å². The summed E-state index contributed by atoms with van der Waals surface area (Å²) in [6.07, 6.45) is 0. The summed E-state index contributed by atoms with van der Waals surface area (Å²) in [6.45, 7) is 17.4. The minimum absolute atomic E-state index is 0.0645. The zero-order valence-electron chi connectivity index (χ0n) is 17.3. The van der Waals surface area contributed by atoms with Crippen LogP contribution in [0, 0.1) is 13.8 Å². The number of hydrogen-bond acceptors (Lipinski definition) is 2. The van der Waals surface area contributed by atoms with Crippen LogP contribution in [0.2, 0.25) is 0 Å². The summed E-state index contributed by atoms with van der Waals surface area (Å²) in [4.78, 5) is 0. The standard InChI is InChI=1S/C23H29BO2/c1-14-9-10-18-16(11-14)17-12-15(2)13-19(20(17)21(18,3)4)24-25-22(5,6)23(7,8)26-24/h9-13H,1-8H3. The molecule has 0 radical (unpaired) electrons. The molecule has 3 heteroatoms. The van der Waals surface area contributed by atoms with E-state index in [4.69, 9.17) is 9.31 Å².